The maximum atomic E-state index is 11.8. The second kappa shape index (κ2) is 7.09. The average Bonchev–Trinajstić information content (AvgIpc) is 2.66. The molecule has 9 heteroatoms. The van der Waals surface area contributed by atoms with Crippen LogP contribution in [0.1, 0.15) is 5.56 Å². The minimum atomic E-state index is -0.557. The molecule has 0 amide bonds. The van der Waals surface area contributed by atoms with Crippen LogP contribution in [0.15, 0.2) is 41.2 Å². The second-order valence-electron chi connectivity index (χ2n) is 5.26. The summed E-state index contributed by atoms with van der Waals surface area (Å²) >= 11 is 0. The highest BCUT2D eigenvalue weighted by Gasteiger charge is 2.25. The van der Waals surface area contributed by atoms with Crippen LogP contribution in [0.25, 0.3) is 10.8 Å². The number of nitro groups is 1. The largest absolute Gasteiger partial charge is 0.493 e. The van der Waals surface area contributed by atoms with Gasteiger partial charge in [-0.2, -0.15) is 0 Å². The molecule has 1 aromatic heterocycles. The van der Waals surface area contributed by atoms with Gasteiger partial charge >= 0.3 is 5.69 Å². The van der Waals surface area contributed by atoms with Crippen molar-refractivity contribution in [3.8, 4) is 17.4 Å². The molecular weight excluding hydrogens is 342 g/mol. The lowest BCUT2D eigenvalue weighted by molar-refractivity contribution is -0.386. The van der Waals surface area contributed by atoms with Crippen LogP contribution in [0.5, 0.6) is 17.4 Å². The molecule has 0 fully saturated rings. The molecule has 0 atom stereocenters. The fraction of sp³-hybridized carbons (Fsp3) is 0.176. The highest BCUT2D eigenvalue weighted by molar-refractivity contribution is 5.85. The van der Waals surface area contributed by atoms with Crippen LogP contribution in [-0.2, 0) is 6.61 Å². The van der Waals surface area contributed by atoms with Crippen molar-refractivity contribution in [1.82, 2.24) is 10.2 Å². The number of H-pyrrole nitrogens is 1. The van der Waals surface area contributed by atoms with Crippen molar-refractivity contribution in [1.29, 1.82) is 0 Å². The number of fused-ring (bicyclic) bond motifs is 1. The van der Waals surface area contributed by atoms with Gasteiger partial charge in [0.2, 0.25) is 11.6 Å². The van der Waals surface area contributed by atoms with E-state index in [-0.39, 0.29) is 40.8 Å². The fourth-order valence-electron chi connectivity index (χ4n) is 2.61. The summed E-state index contributed by atoms with van der Waals surface area (Å²) in [4.78, 5) is 22.7. The Hall–Kier alpha value is -3.62. The van der Waals surface area contributed by atoms with Gasteiger partial charge in [0, 0.05) is 0 Å². The number of aromatic nitrogens is 2. The molecule has 3 rings (SSSR count). The van der Waals surface area contributed by atoms with Gasteiger partial charge in [-0.1, -0.05) is 12.1 Å². The third kappa shape index (κ3) is 3.02. The maximum absolute atomic E-state index is 11.8. The van der Waals surface area contributed by atoms with E-state index in [2.05, 4.69) is 10.2 Å². The van der Waals surface area contributed by atoms with E-state index in [0.717, 1.165) is 0 Å². The van der Waals surface area contributed by atoms with Gasteiger partial charge < -0.3 is 14.2 Å². The molecule has 0 aliphatic carbocycles. The number of nitro benzene ring substituents is 1. The Balaban J connectivity index is 2.00. The van der Waals surface area contributed by atoms with Gasteiger partial charge in [-0.05, 0) is 24.3 Å². The summed E-state index contributed by atoms with van der Waals surface area (Å²) in [5, 5.41) is 18.7. The Morgan fingerprint density at radius 2 is 1.85 bits per heavy atom. The number of nitrogens with zero attached hydrogens (tertiary/aromatic N) is 2. The topological polar surface area (TPSA) is 117 Å². The van der Waals surface area contributed by atoms with E-state index in [1.54, 1.807) is 30.3 Å². The summed E-state index contributed by atoms with van der Waals surface area (Å²) in [6.45, 7) is -0.139. The molecule has 26 heavy (non-hydrogen) atoms. The number of methoxy groups -OCH3 is 2. The molecule has 0 saturated carbocycles. The normalized spacial score (nSPS) is 10.5. The molecule has 134 valence electrons. The number of nitrogens with one attached hydrogen (secondary N) is 1. The Morgan fingerprint density at radius 1 is 1.12 bits per heavy atom. The molecule has 0 spiro atoms. The first-order valence-electron chi connectivity index (χ1n) is 7.55. The minimum absolute atomic E-state index is 0.0119. The van der Waals surface area contributed by atoms with Crippen LogP contribution in [0.3, 0.4) is 0 Å². The predicted octanol–water partition coefficient (Wildman–Crippen LogP) is 2.43. The lowest BCUT2D eigenvalue weighted by Gasteiger charge is -2.12. The number of ether oxygens (including phenoxy) is 3. The summed E-state index contributed by atoms with van der Waals surface area (Å²) in [6, 6.07) is 9.88. The van der Waals surface area contributed by atoms with Crippen molar-refractivity contribution >= 4 is 16.5 Å². The highest BCUT2D eigenvalue weighted by atomic mass is 16.6. The van der Waals surface area contributed by atoms with Gasteiger partial charge in [-0.25, -0.2) is 5.10 Å². The highest BCUT2D eigenvalue weighted by Crippen LogP contribution is 2.39. The number of rotatable bonds is 6. The van der Waals surface area contributed by atoms with E-state index in [1.807, 2.05) is 0 Å². The Morgan fingerprint density at radius 3 is 2.50 bits per heavy atom. The van der Waals surface area contributed by atoms with Crippen molar-refractivity contribution in [3.63, 3.8) is 0 Å². The molecule has 1 N–H and O–H groups in total. The van der Waals surface area contributed by atoms with Crippen molar-refractivity contribution in [2.75, 3.05) is 14.2 Å². The molecule has 0 saturated heterocycles. The smallest absolute Gasteiger partial charge is 0.321 e. The zero-order chi connectivity index (χ0) is 18.7. The second-order valence-corrected chi connectivity index (χ2v) is 5.26. The Bertz CT molecular complexity index is 1030. The first-order valence-corrected chi connectivity index (χ1v) is 7.55. The van der Waals surface area contributed by atoms with Gasteiger partial charge in [0.25, 0.3) is 5.56 Å². The molecular formula is C17H15N3O6. The number of hydrogen-bond donors (Lipinski definition) is 1. The van der Waals surface area contributed by atoms with Crippen LogP contribution >= 0.6 is 0 Å². The molecule has 0 radical (unpaired) electrons. The standard InChI is InChI=1S/C17H15N3O6/c1-24-13-8-7-10(14(20(22)23)15(13)25-2)9-26-17-12-6-4-3-5-11(12)16(21)18-19-17/h3-8H,9H2,1-2H3,(H,18,21). The van der Waals surface area contributed by atoms with E-state index in [1.165, 1.54) is 20.3 Å². The quantitative estimate of drug-likeness (QED) is 0.532. The molecule has 0 aliphatic rings. The summed E-state index contributed by atoms with van der Waals surface area (Å²) in [7, 11) is 2.72. The number of hydrogen-bond acceptors (Lipinski definition) is 7. The summed E-state index contributed by atoms with van der Waals surface area (Å²) in [5.41, 5.74) is -0.310. The predicted molar refractivity (Wildman–Crippen MR) is 92.9 cm³/mol. The lowest BCUT2D eigenvalue weighted by atomic mass is 10.1. The third-order valence-corrected chi connectivity index (χ3v) is 3.81. The third-order valence-electron chi connectivity index (χ3n) is 3.81. The van der Waals surface area contributed by atoms with Gasteiger partial charge in [-0.3, -0.25) is 14.9 Å². The first-order chi connectivity index (χ1) is 12.6. The fourth-order valence-corrected chi connectivity index (χ4v) is 2.61. The Kier molecular flexibility index (Phi) is 4.70. The van der Waals surface area contributed by atoms with E-state index in [0.29, 0.717) is 10.8 Å². The van der Waals surface area contributed by atoms with Gasteiger partial charge in [-0.15, -0.1) is 5.10 Å². The van der Waals surface area contributed by atoms with E-state index < -0.39 is 4.92 Å². The molecule has 2 aromatic carbocycles. The van der Waals surface area contributed by atoms with E-state index >= 15 is 0 Å². The summed E-state index contributed by atoms with van der Waals surface area (Å²) < 4.78 is 15.9. The van der Waals surface area contributed by atoms with Gasteiger partial charge in [0.05, 0.1) is 35.5 Å². The van der Waals surface area contributed by atoms with E-state index in [4.69, 9.17) is 14.2 Å². The maximum Gasteiger partial charge on any atom is 0.321 e. The zero-order valence-electron chi connectivity index (χ0n) is 14.0. The van der Waals surface area contributed by atoms with Crippen LogP contribution in [-0.4, -0.2) is 29.3 Å². The van der Waals surface area contributed by atoms with Gasteiger partial charge in [0.1, 0.15) is 6.61 Å². The van der Waals surface area contributed by atoms with Crippen LogP contribution < -0.4 is 19.8 Å². The molecule has 3 aromatic rings. The van der Waals surface area contributed by atoms with E-state index in [9.17, 15) is 14.9 Å². The number of aromatic amines is 1. The average molecular weight is 357 g/mol. The molecule has 9 nitrogen and oxygen atoms in total. The van der Waals surface area contributed by atoms with Crippen molar-refractivity contribution in [2.45, 2.75) is 6.61 Å². The summed E-state index contributed by atoms with van der Waals surface area (Å²) in [5.74, 6) is 0.428. The van der Waals surface area contributed by atoms with Crippen LogP contribution in [0, 0.1) is 10.1 Å². The lowest BCUT2D eigenvalue weighted by Crippen LogP contribution is -2.11. The number of benzene rings is 2. The van der Waals surface area contributed by atoms with Crippen molar-refractivity contribution < 1.29 is 19.1 Å². The SMILES string of the molecule is COc1ccc(COc2n[nH]c(=O)c3ccccc23)c([N+](=O)[O-])c1OC. The molecule has 1 heterocycles. The Labute approximate surface area is 147 Å². The first kappa shape index (κ1) is 17.2. The van der Waals surface area contributed by atoms with Gasteiger partial charge in [0.15, 0.2) is 5.75 Å². The van der Waals surface area contributed by atoms with Crippen molar-refractivity contribution in [2.24, 2.45) is 0 Å². The van der Waals surface area contributed by atoms with Crippen LogP contribution in [0.4, 0.5) is 5.69 Å². The summed E-state index contributed by atoms with van der Waals surface area (Å²) in [6.07, 6.45) is 0. The molecule has 0 aliphatic heterocycles. The molecule has 0 unspecified atom stereocenters. The van der Waals surface area contributed by atoms with Crippen LogP contribution in [0.2, 0.25) is 0 Å². The minimum Gasteiger partial charge on any atom is -0.493 e. The zero-order valence-corrected chi connectivity index (χ0v) is 14.0. The molecule has 0 bridgehead atoms. The van der Waals surface area contributed by atoms with Crippen molar-refractivity contribution in [3.05, 3.63) is 62.4 Å². The monoisotopic (exact) mass is 357 g/mol.